The normalized spacial score (nSPS) is 11.4. The molecule has 3 aromatic rings. The van der Waals surface area contributed by atoms with E-state index in [0.717, 1.165) is 16.7 Å². The molecule has 112 valence electrons. The third-order valence-electron chi connectivity index (χ3n) is 3.06. The molecule has 2 heterocycles. The predicted molar refractivity (Wildman–Crippen MR) is 87.2 cm³/mol. The SMILES string of the molecule is Cc1ccc(CSc2nncn2/N=C/c2ccc(C)o2)cc1. The Kier molecular flexibility index (Phi) is 4.39. The van der Waals surface area contributed by atoms with Crippen molar-refractivity contribution in [3.8, 4) is 0 Å². The lowest BCUT2D eigenvalue weighted by Crippen LogP contribution is -1.92. The molecule has 5 nitrogen and oxygen atoms in total. The average Bonchev–Trinajstić information content (AvgIpc) is 3.13. The number of hydrogen-bond acceptors (Lipinski definition) is 5. The molecule has 0 N–H and O–H groups in total. The zero-order valence-electron chi connectivity index (χ0n) is 12.4. The molecule has 0 aliphatic heterocycles. The van der Waals surface area contributed by atoms with Crippen molar-refractivity contribution >= 4 is 18.0 Å². The molecule has 0 spiro atoms. The monoisotopic (exact) mass is 312 g/mol. The number of aromatic nitrogens is 3. The van der Waals surface area contributed by atoms with E-state index in [1.54, 1.807) is 29.0 Å². The molecule has 0 bridgehead atoms. The predicted octanol–water partition coefficient (Wildman–Crippen LogP) is 3.66. The van der Waals surface area contributed by atoms with Crippen molar-refractivity contribution in [1.82, 2.24) is 14.9 Å². The summed E-state index contributed by atoms with van der Waals surface area (Å²) in [6, 6.07) is 12.2. The first-order valence-corrected chi connectivity index (χ1v) is 7.88. The summed E-state index contributed by atoms with van der Waals surface area (Å²) in [6.45, 7) is 3.98. The molecular weight excluding hydrogens is 296 g/mol. The van der Waals surface area contributed by atoms with Crippen LogP contribution in [-0.4, -0.2) is 21.1 Å². The van der Waals surface area contributed by atoms with Crippen LogP contribution >= 0.6 is 11.8 Å². The Morgan fingerprint density at radius 1 is 1.18 bits per heavy atom. The Morgan fingerprint density at radius 3 is 2.73 bits per heavy atom. The summed E-state index contributed by atoms with van der Waals surface area (Å²) in [7, 11) is 0. The van der Waals surface area contributed by atoms with E-state index < -0.39 is 0 Å². The van der Waals surface area contributed by atoms with E-state index in [4.69, 9.17) is 4.42 Å². The van der Waals surface area contributed by atoms with Gasteiger partial charge >= 0.3 is 0 Å². The summed E-state index contributed by atoms with van der Waals surface area (Å²) in [5.41, 5.74) is 2.51. The molecule has 0 atom stereocenters. The lowest BCUT2D eigenvalue weighted by Gasteiger charge is -2.01. The highest BCUT2D eigenvalue weighted by molar-refractivity contribution is 7.98. The molecule has 0 radical (unpaired) electrons. The Morgan fingerprint density at radius 2 is 2.00 bits per heavy atom. The molecule has 0 fully saturated rings. The number of nitrogens with zero attached hydrogens (tertiary/aromatic N) is 4. The molecule has 0 amide bonds. The van der Waals surface area contributed by atoms with Crippen LogP contribution in [0.15, 0.2) is 57.4 Å². The van der Waals surface area contributed by atoms with E-state index in [-0.39, 0.29) is 0 Å². The Hall–Kier alpha value is -2.34. The molecule has 0 aliphatic carbocycles. The first kappa shape index (κ1) is 14.6. The summed E-state index contributed by atoms with van der Waals surface area (Å²) >= 11 is 1.60. The van der Waals surface area contributed by atoms with Crippen LogP contribution in [-0.2, 0) is 5.75 Å². The first-order valence-electron chi connectivity index (χ1n) is 6.90. The van der Waals surface area contributed by atoms with Crippen molar-refractivity contribution in [2.75, 3.05) is 0 Å². The summed E-state index contributed by atoms with van der Waals surface area (Å²) < 4.78 is 7.10. The minimum absolute atomic E-state index is 0.709. The van der Waals surface area contributed by atoms with Gasteiger partial charge in [0.05, 0.1) is 6.21 Å². The fraction of sp³-hybridized carbons (Fsp3) is 0.188. The van der Waals surface area contributed by atoms with Crippen LogP contribution in [0.3, 0.4) is 0 Å². The van der Waals surface area contributed by atoms with Gasteiger partial charge in [0.25, 0.3) is 0 Å². The fourth-order valence-corrected chi connectivity index (χ4v) is 2.69. The lowest BCUT2D eigenvalue weighted by molar-refractivity contribution is 0.527. The summed E-state index contributed by atoms with van der Waals surface area (Å²) in [4.78, 5) is 0. The third-order valence-corrected chi connectivity index (χ3v) is 4.06. The molecule has 2 aromatic heterocycles. The average molecular weight is 312 g/mol. The van der Waals surface area contributed by atoms with Crippen LogP contribution in [0.25, 0.3) is 0 Å². The van der Waals surface area contributed by atoms with E-state index in [9.17, 15) is 0 Å². The maximum absolute atomic E-state index is 5.45. The van der Waals surface area contributed by atoms with Crippen LogP contribution in [0.2, 0.25) is 0 Å². The molecule has 0 saturated carbocycles. The van der Waals surface area contributed by atoms with Gasteiger partial charge in [0.1, 0.15) is 17.8 Å². The number of benzene rings is 1. The highest BCUT2D eigenvalue weighted by atomic mass is 32.2. The van der Waals surface area contributed by atoms with Gasteiger partial charge in [0.15, 0.2) is 0 Å². The van der Waals surface area contributed by atoms with Crippen molar-refractivity contribution in [2.45, 2.75) is 24.8 Å². The lowest BCUT2D eigenvalue weighted by atomic mass is 10.2. The highest BCUT2D eigenvalue weighted by Crippen LogP contribution is 2.20. The molecule has 0 unspecified atom stereocenters. The van der Waals surface area contributed by atoms with Crippen molar-refractivity contribution in [2.24, 2.45) is 5.10 Å². The topological polar surface area (TPSA) is 56.2 Å². The minimum atomic E-state index is 0.709. The molecular formula is C16H16N4OS. The van der Waals surface area contributed by atoms with Gasteiger partial charge in [0, 0.05) is 5.75 Å². The number of hydrogen-bond donors (Lipinski definition) is 0. The van der Waals surface area contributed by atoms with Gasteiger partial charge in [-0.25, -0.2) is 0 Å². The Balaban J connectivity index is 1.67. The first-order chi connectivity index (χ1) is 10.7. The van der Waals surface area contributed by atoms with Crippen molar-refractivity contribution < 1.29 is 4.42 Å². The van der Waals surface area contributed by atoms with Gasteiger partial charge < -0.3 is 4.42 Å². The second-order valence-corrected chi connectivity index (χ2v) is 5.87. The zero-order chi connectivity index (χ0) is 15.4. The molecule has 0 aliphatic rings. The standard InChI is InChI=1S/C16H16N4OS/c1-12-3-6-14(7-4-12)10-22-16-19-17-11-20(16)18-9-15-8-5-13(2)21-15/h3-9,11H,10H2,1-2H3/b18-9+. The van der Waals surface area contributed by atoms with Crippen molar-refractivity contribution in [3.63, 3.8) is 0 Å². The van der Waals surface area contributed by atoms with Crippen LogP contribution in [0, 0.1) is 13.8 Å². The van der Waals surface area contributed by atoms with Gasteiger partial charge in [0.2, 0.25) is 5.16 Å². The third kappa shape index (κ3) is 3.65. The van der Waals surface area contributed by atoms with Gasteiger partial charge in [-0.05, 0) is 31.5 Å². The van der Waals surface area contributed by atoms with Crippen molar-refractivity contribution in [3.05, 3.63) is 65.4 Å². The van der Waals surface area contributed by atoms with Gasteiger partial charge in [-0.15, -0.1) is 10.2 Å². The summed E-state index contributed by atoms with van der Waals surface area (Å²) in [5.74, 6) is 2.40. The second kappa shape index (κ2) is 6.62. The quantitative estimate of drug-likeness (QED) is 0.533. The van der Waals surface area contributed by atoms with Gasteiger partial charge in [-0.1, -0.05) is 41.6 Å². The summed E-state index contributed by atoms with van der Waals surface area (Å²) in [5, 5.41) is 13.1. The molecule has 22 heavy (non-hydrogen) atoms. The fourth-order valence-electron chi connectivity index (χ4n) is 1.87. The highest BCUT2D eigenvalue weighted by Gasteiger charge is 2.05. The van der Waals surface area contributed by atoms with E-state index in [0.29, 0.717) is 5.76 Å². The van der Waals surface area contributed by atoms with Crippen LogP contribution in [0.1, 0.15) is 22.6 Å². The van der Waals surface area contributed by atoms with Gasteiger partial charge in [-0.3, -0.25) is 0 Å². The molecule has 1 aromatic carbocycles. The van der Waals surface area contributed by atoms with E-state index in [2.05, 4.69) is 46.5 Å². The Bertz CT molecular complexity index is 774. The smallest absolute Gasteiger partial charge is 0.212 e. The zero-order valence-corrected chi connectivity index (χ0v) is 13.2. The summed E-state index contributed by atoms with van der Waals surface area (Å²) in [6.07, 6.45) is 3.25. The van der Waals surface area contributed by atoms with Crippen LogP contribution < -0.4 is 0 Å². The number of thioether (sulfide) groups is 1. The largest absolute Gasteiger partial charge is 0.460 e. The van der Waals surface area contributed by atoms with E-state index in [1.165, 1.54) is 11.1 Å². The second-order valence-electron chi connectivity index (χ2n) is 4.93. The number of furan rings is 1. The number of aryl methyl sites for hydroxylation is 2. The van der Waals surface area contributed by atoms with E-state index in [1.807, 2.05) is 19.1 Å². The van der Waals surface area contributed by atoms with Crippen LogP contribution in [0.4, 0.5) is 0 Å². The molecule has 3 rings (SSSR count). The molecule has 0 saturated heterocycles. The van der Waals surface area contributed by atoms with E-state index >= 15 is 0 Å². The van der Waals surface area contributed by atoms with Crippen molar-refractivity contribution in [1.29, 1.82) is 0 Å². The maximum atomic E-state index is 5.45. The Labute approximate surface area is 133 Å². The van der Waals surface area contributed by atoms with Gasteiger partial charge in [-0.2, -0.15) is 9.78 Å². The maximum Gasteiger partial charge on any atom is 0.212 e. The number of rotatable bonds is 5. The van der Waals surface area contributed by atoms with Crippen LogP contribution in [0.5, 0.6) is 0 Å². The minimum Gasteiger partial charge on any atom is -0.460 e. The molecule has 6 heteroatoms.